The number of aliphatic hydroxyl groups is 31. The highest BCUT2D eigenvalue weighted by molar-refractivity contribution is 5.77. The summed E-state index contributed by atoms with van der Waals surface area (Å²) in [5, 5.41) is 366. The van der Waals surface area contributed by atoms with Crippen molar-refractivity contribution in [3.63, 3.8) is 0 Å². The van der Waals surface area contributed by atoms with Crippen LogP contribution in [0.25, 0.3) is 0 Å². The maximum Gasteiger partial charge on any atom is 0.364 e. The number of hydrogen-bond donors (Lipinski definition) is 36. The Kier molecular flexibility index (Phi) is 41.9. The second-order valence-electron chi connectivity index (χ2n) is 35.0. The van der Waals surface area contributed by atoms with E-state index in [2.05, 4.69) is 21.3 Å². The van der Waals surface area contributed by atoms with E-state index in [-0.39, 0.29) is 0 Å². The summed E-state index contributed by atoms with van der Waals surface area (Å²) in [5.74, 6) is -9.33. The fourth-order valence-corrected chi connectivity index (χ4v) is 17.5. The Hall–Kier alpha value is -4.69. The number of hydrogen-bond acceptors (Lipinski definition) is 56. The first-order chi connectivity index (χ1) is 65.0. The zero-order valence-corrected chi connectivity index (χ0v) is 74.5. The molecule has 10 fully saturated rings. The van der Waals surface area contributed by atoms with Crippen LogP contribution in [0.4, 0.5) is 0 Å². The lowest BCUT2D eigenvalue weighted by Gasteiger charge is -2.52. The van der Waals surface area contributed by atoms with Gasteiger partial charge in [-0.1, -0.05) is 0 Å². The van der Waals surface area contributed by atoms with Gasteiger partial charge in [-0.05, 0) is 13.8 Å². The predicted molar refractivity (Wildman–Crippen MR) is 425 cm³/mol. The highest BCUT2D eigenvalue weighted by Crippen LogP contribution is 2.43. The van der Waals surface area contributed by atoms with Crippen LogP contribution in [0.5, 0.6) is 0 Å². The van der Waals surface area contributed by atoms with Crippen molar-refractivity contribution in [1.29, 1.82) is 0 Å². The minimum Gasteiger partial charge on any atom is -0.477 e. The van der Waals surface area contributed by atoms with Crippen LogP contribution in [-0.2, 0) is 119 Å². The maximum absolute atomic E-state index is 13.8. The highest BCUT2D eigenvalue weighted by Gasteiger charge is 2.64. The van der Waals surface area contributed by atoms with Gasteiger partial charge in [0.2, 0.25) is 23.6 Å². The number of ether oxygens (including phenoxy) is 20. The number of aliphatic carboxylic acids is 1. The quantitative estimate of drug-likeness (QED) is 0.0271. The number of amides is 4. The lowest BCUT2D eigenvalue weighted by atomic mass is 9.88. The van der Waals surface area contributed by atoms with Crippen molar-refractivity contribution in [2.45, 2.75) is 385 Å². The Morgan fingerprint density at radius 3 is 1.08 bits per heavy atom. The van der Waals surface area contributed by atoms with E-state index in [0.717, 1.165) is 34.6 Å². The molecule has 800 valence electrons. The number of carboxylic acids is 1. The van der Waals surface area contributed by atoms with E-state index in [9.17, 15) is 187 Å². The second-order valence-corrected chi connectivity index (χ2v) is 35.0. The van der Waals surface area contributed by atoms with Gasteiger partial charge in [-0.2, -0.15) is 0 Å². The SMILES string of the molecule is CC(=O)N[C@H]1[C@H](O[C@H]2[C@@H](O)[C@@H](CO[C@@H]3O[C@H](CO)[C@@H](O[C@@H]4O[C@H](CO)[C@H](O)[C@H](O[C@@H]5O[C@H](CO)[C@@H](O)[C@H](O[C@@H]6O[C@H](CO)[C@H](O)[C@H](O)[C@H]6O)[C@H]5NC(C)=O)[C@H]4O)[C@H](O[C@@H]4O[C@@H](C)[C@@H](O)[C@@H](O)[C@@H]4O)[C@H]3NC(C)=O)O[C@@H](O[C@@H]([C@H](O)[C@@H](O)CO)[C@H](O)CO)[C@@H]2O)O[C@H](CO)[C@@H](O[C@@H]2O[C@H](CO[C@]3(C(=O)O)C[C@H](O)[C@@H](NC(C)=O)[C@H]([C@H](O)[C@H](O)CO)O3)[C@H](O)[C@H](O)[C@H]2O)[C@@H]1O[C@@H]1O[C@@H](C)[C@@H](O)[C@@H](O)[C@@H]1O. The largest absolute Gasteiger partial charge is 0.477 e. The van der Waals surface area contributed by atoms with E-state index in [0.29, 0.717) is 0 Å². The van der Waals surface area contributed by atoms with Gasteiger partial charge in [-0.3, -0.25) is 19.2 Å². The number of aliphatic hydroxyl groups excluding tert-OH is 31. The number of nitrogens with one attached hydrogen (secondary N) is 4. The molecule has 0 aromatic carbocycles. The normalized spacial score (nSPS) is 46.7. The molecule has 0 aromatic rings. The van der Waals surface area contributed by atoms with E-state index in [4.69, 9.17) is 94.7 Å². The summed E-state index contributed by atoms with van der Waals surface area (Å²) in [6.45, 7) is -6.67. The van der Waals surface area contributed by atoms with E-state index in [1.165, 1.54) is 6.92 Å². The van der Waals surface area contributed by atoms with Crippen LogP contribution in [0, 0.1) is 0 Å². The summed E-state index contributed by atoms with van der Waals surface area (Å²) in [4.78, 5) is 66.1. The van der Waals surface area contributed by atoms with Crippen LogP contribution in [0.1, 0.15) is 48.0 Å². The van der Waals surface area contributed by atoms with Crippen LogP contribution < -0.4 is 21.3 Å². The molecule has 36 N–H and O–H groups in total. The molecule has 4 amide bonds. The Labute approximate surface area is 781 Å². The Morgan fingerprint density at radius 2 is 0.645 bits per heavy atom. The van der Waals surface area contributed by atoms with Gasteiger partial charge < -0.3 is 279 Å². The predicted octanol–water partition coefficient (Wildman–Crippen LogP) is -23.5. The van der Waals surface area contributed by atoms with Crippen molar-refractivity contribution in [3.05, 3.63) is 0 Å². The molecule has 55 atom stereocenters. The molecule has 0 saturated carbocycles. The minimum atomic E-state index is -3.17. The van der Waals surface area contributed by atoms with Crippen molar-refractivity contribution in [2.75, 3.05) is 66.1 Å². The van der Waals surface area contributed by atoms with Gasteiger partial charge in [0.05, 0.1) is 90.4 Å². The zero-order chi connectivity index (χ0) is 102. The number of carboxylic acid groups (broad SMARTS) is 1. The van der Waals surface area contributed by atoms with E-state index in [1.807, 2.05) is 0 Å². The molecule has 0 aliphatic carbocycles. The highest BCUT2D eigenvalue weighted by atomic mass is 16.8. The van der Waals surface area contributed by atoms with Gasteiger partial charge in [0.1, 0.15) is 250 Å². The maximum atomic E-state index is 13.8. The molecule has 10 aliphatic rings. The Bertz CT molecular complexity index is 3800. The number of carbonyl (C=O) groups is 5. The third-order valence-corrected chi connectivity index (χ3v) is 25.1. The summed E-state index contributed by atoms with van der Waals surface area (Å²) in [6.07, 6.45) is -112. The van der Waals surface area contributed by atoms with Crippen LogP contribution in [0.2, 0.25) is 0 Å². The Morgan fingerprint density at radius 1 is 0.326 bits per heavy atom. The molecular formula is C77H130N4O57. The first kappa shape index (κ1) is 115. The standard InChI is InChI=1S/C77H130N4O57/c1-18-39(98)48(107)52(111)70(121-18)134-63-37(80-22(5)92)67(126-31(14-88)59(63)132-74-56(115)65(46(105)30(13-87)125-74)136-68-36(79-21(4)91)61(45(104)29(12-86)123-68)133-72-54(113)50(109)43(102)28(11-85)124-72)119-16-33-47(106)66(57(116)75(128-33)130-58(27(97)10-84)41(100)25(95)8-82)137-69-38(81-23(6)93)64(135-71-53(112)49(108)40(99)19(2)122-71)60(32(15-89)127-69)131-73-55(114)51(110)44(103)34(129-73)17-120-77(76(117)118)7-24(94)35(78-20(3)90)62(138-77)42(101)26(96)9-83/h18-19,24-75,82-89,94-116H,7-17H2,1-6H3,(H,78,90)(H,79,91)(H,80,92)(H,81,93)(H,117,118)/t18-,19-,24-,25-,26+,27+,28+,29+,30+,31+,32+,33+,34+,35+,36+,37+,38+,39+,40+,41+,42+,43-,44-,45+,46-,47-,48+,49+,50-,51-,52-,53-,54+,55+,56+,57+,58+,59+,60+,61+,62+,63+,64+,65-,66-,67+,68-,69-,70-,71-,72-,73-,74-,75-,77+/m0/s1. The van der Waals surface area contributed by atoms with Gasteiger partial charge in [-0.25, -0.2) is 4.79 Å². The molecular weight excluding hydrogens is 1890 g/mol. The molecule has 10 heterocycles. The average molecular weight is 2020 g/mol. The first-order valence-electron chi connectivity index (χ1n) is 43.9. The summed E-state index contributed by atoms with van der Waals surface area (Å²) >= 11 is 0. The topological polar surface area (TPSA) is 965 Å². The molecule has 0 unspecified atom stereocenters. The molecule has 10 saturated heterocycles. The monoisotopic (exact) mass is 2020 g/mol. The lowest BCUT2D eigenvalue weighted by Crippen LogP contribution is -2.71. The zero-order valence-electron chi connectivity index (χ0n) is 74.5. The van der Waals surface area contributed by atoms with Crippen LogP contribution in [0.3, 0.4) is 0 Å². The molecule has 138 heavy (non-hydrogen) atoms. The summed E-state index contributed by atoms with van der Waals surface area (Å²) in [6, 6.07) is -8.01. The smallest absolute Gasteiger partial charge is 0.364 e. The average Bonchev–Trinajstić information content (AvgIpc) is 0.765. The molecule has 0 aromatic heterocycles. The summed E-state index contributed by atoms with van der Waals surface area (Å²) in [5.41, 5.74) is 0. The second kappa shape index (κ2) is 50.1. The van der Waals surface area contributed by atoms with Crippen LogP contribution in [-0.4, -0.2) is 596 Å². The van der Waals surface area contributed by atoms with Gasteiger partial charge in [0.15, 0.2) is 56.6 Å². The molecule has 0 bridgehead atoms. The summed E-state index contributed by atoms with van der Waals surface area (Å²) < 4.78 is 121. The third kappa shape index (κ3) is 25.7. The third-order valence-electron chi connectivity index (χ3n) is 25.1. The molecule has 0 spiro atoms. The van der Waals surface area contributed by atoms with E-state index in [1.54, 1.807) is 0 Å². The Balaban J connectivity index is 0.997. The lowest BCUT2D eigenvalue weighted by molar-refractivity contribution is -0.394. The summed E-state index contributed by atoms with van der Waals surface area (Å²) in [7, 11) is 0. The van der Waals surface area contributed by atoms with Crippen molar-refractivity contribution in [1.82, 2.24) is 21.3 Å². The van der Waals surface area contributed by atoms with E-state index < -0.39 is 439 Å². The van der Waals surface area contributed by atoms with Crippen LogP contribution in [0.15, 0.2) is 0 Å². The minimum absolute atomic E-state index is 0.829. The fourth-order valence-electron chi connectivity index (χ4n) is 17.5. The van der Waals surface area contributed by atoms with Gasteiger partial charge in [0.25, 0.3) is 5.79 Å². The van der Waals surface area contributed by atoms with Crippen LogP contribution >= 0.6 is 0 Å². The van der Waals surface area contributed by atoms with Crippen molar-refractivity contribution < 1.29 is 282 Å². The fraction of sp³-hybridized carbons (Fsp3) is 0.935. The van der Waals surface area contributed by atoms with Gasteiger partial charge >= 0.3 is 5.97 Å². The van der Waals surface area contributed by atoms with Crippen molar-refractivity contribution >= 4 is 29.6 Å². The first-order valence-corrected chi connectivity index (χ1v) is 43.9. The molecule has 61 nitrogen and oxygen atoms in total. The van der Waals surface area contributed by atoms with Gasteiger partial charge in [-0.15, -0.1) is 0 Å². The molecule has 10 rings (SSSR count). The van der Waals surface area contributed by atoms with Crippen molar-refractivity contribution in [2.24, 2.45) is 0 Å². The van der Waals surface area contributed by atoms with Crippen molar-refractivity contribution in [3.8, 4) is 0 Å². The number of carbonyl (C=O) groups excluding carboxylic acids is 4. The van der Waals surface area contributed by atoms with E-state index >= 15 is 0 Å². The molecule has 0 radical (unpaired) electrons. The number of rotatable bonds is 40. The molecule has 10 aliphatic heterocycles. The van der Waals surface area contributed by atoms with Gasteiger partial charge in [0, 0.05) is 34.1 Å². The molecule has 61 heteroatoms.